The van der Waals surface area contributed by atoms with Crippen molar-refractivity contribution in [1.82, 2.24) is 0 Å². The highest BCUT2D eigenvalue weighted by Crippen LogP contribution is 2.31. The first-order valence-electron chi connectivity index (χ1n) is 11.2. The molecule has 0 saturated heterocycles. The monoisotopic (exact) mass is 488 g/mol. The number of benzene rings is 3. The van der Waals surface area contributed by atoms with Crippen molar-refractivity contribution in [2.45, 2.75) is 33.6 Å². The van der Waals surface area contributed by atoms with Crippen LogP contribution in [0.1, 0.15) is 46.8 Å². The lowest BCUT2D eigenvalue weighted by Gasteiger charge is -2.16. The van der Waals surface area contributed by atoms with Gasteiger partial charge < -0.3 is 10.1 Å². The van der Waals surface area contributed by atoms with Gasteiger partial charge in [-0.15, -0.1) is 0 Å². The van der Waals surface area contributed by atoms with Gasteiger partial charge in [0.15, 0.2) is 0 Å². The number of imide groups is 1. The number of carbonyl (C=O) groups excluding carboxylic acids is 3. The van der Waals surface area contributed by atoms with Crippen molar-refractivity contribution in [3.05, 3.63) is 99.7 Å². The van der Waals surface area contributed by atoms with Crippen LogP contribution in [0.3, 0.4) is 0 Å². The molecular weight excluding hydrogens is 464 g/mol. The van der Waals surface area contributed by atoms with E-state index in [4.69, 9.17) is 16.3 Å². The van der Waals surface area contributed by atoms with Crippen LogP contribution in [0, 0.1) is 13.8 Å². The summed E-state index contributed by atoms with van der Waals surface area (Å²) in [5, 5.41) is 2.73. The predicted octanol–water partition coefficient (Wildman–Crippen LogP) is 6.08. The second-order valence-corrected chi connectivity index (χ2v) is 9.18. The van der Waals surface area contributed by atoms with E-state index in [1.165, 1.54) is 0 Å². The van der Waals surface area contributed by atoms with E-state index in [1.54, 1.807) is 42.5 Å². The Bertz CT molecular complexity index is 1340. The molecular formula is C28H25ClN2O4. The van der Waals surface area contributed by atoms with Gasteiger partial charge in [0, 0.05) is 5.69 Å². The quantitative estimate of drug-likeness (QED) is 0.258. The van der Waals surface area contributed by atoms with Crippen LogP contribution in [0.25, 0.3) is 0 Å². The summed E-state index contributed by atoms with van der Waals surface area (Å²) >= 11 is 6.24. The van der Waals surface area contributed by atoms with Crippen molar-refractivity contribution in [3.8, 4) is 5.75 Å². The number of ether oxygens (including phenoxy) is 1. The summed E-state index contributed by atoms with van der Waals surface area (Å²) in [7, 11) is 0. The maximum absolute atomic E-state index is 13.0. The standard InChI is InChI=1S/C28H25ClN2O4/c1-16(2)20-6-5-7-23(15-20)35-28(34)19-8-10-21(11-9-19)30-25-24(29)26(32)31(27(25)33)22-13-17(3)12-18(4)14-22/h5-16,30H,1-4H3. The molecule has 2 amide bonds. The number of nitrogens with one attached hydrogen (secondary N) is 1. The molecule has 178 valence electrons. The normalized spacial score (nSPS) is 13.6. The summed E-state index contributed by atoms with van der Waals surface area (Å²) < 4.78 is 5.50. The third-order valence-electron chi connectivity index (χ3n) is 5.62. The first kappa shape index (κ1) is 24.2. The first-order valence-corrected chi connectivity index (χ1v) is 11.6. The SMILES string of the molecule is Cc1cc(C)cc(N2C(=O)C(Cl)=C(Nc3ccc(C(=O)Oc4cccc(C(C)C)c4)cc3)C2=O)c1. The molecule has 1 N–H and O–H groups in total. The Morgan fingerprint density at radius 2 is 1.57 bits per heavy atom. The lowest BCUT2D eigenvalue weighted by molar-refractivity contribution is -0.120. The minimum Gasteiger partial charge on any atom is -0.423 e. The highest BCUT2D eigenvalue weighted by Gasteiger charge is 2.39. The zero-order chi connectivity index (χ0) is 25.3. The van der Waals surface area contributed by atoms with E-state index < -0.39 is 17.8 Å². The number of hydrogen-bond acceptors (Lipinski definition) is 5. The molecule has 0 unspecified atom stereocenters. The Kier molecular flexibility index (Phi) is 6.76. The smallest absolute Gasteiger partial charge is 0.343 e. The van der Waals surface area contributed by atoms with Gasteiger partial charge in [0.25, 0.3) is 11.8 Å². The number of aryl methyl sites for hydroxylation is 2. The molecule has 1 aliphatic heterocycles. The fraction of sp³-hybridized carbons (Fsp3) is 0.179. The molecule has 7 heteroatoms. The van der Waals surface area contributed by atoms with Gasteiger partial charge in [-0.05, 0) is 85.0 Å². The maximum Gasteiger partial charge on any atom is 0.343 e. The summed E-state index contributed by atoms with van der Waals surface area (Å²) in [6.07, 6.45) is 0. The van der Waals surface area contributed by atoms with Gasteiger partial charge in [-0.25, -0.2) is 9.69 Å². The van der Waals surface area contributed by atoms with Gasteiger partial charge in [-0.1, -0.05) is 43.6 Å². The Hall–Kier alpha value is -3.90. The van der Waals surface area contributed by atoms with Crippen LogP contribution in [-0.2, 0) is 9.59 Å². The van der Waals surface area contributed by atoms with Gasteiger partial charge >= 0.3 is 5.97 Å². The average Bonchev–Trinajstić information content (AvgIpc) is 3.02. The van der Waals surface area contributed by atoms with Crippen molar-refractivity contribution in [3.63, 3.8) is 0 Å². The summed E-state index contributed by atoms with van der Waals surface area (Å²) in [6.45, 7) is 7.92. The topological polar surface area (TPSA) is 75.7 Å². The van der Waals surface area contributed by atoms with Crippen molar-refractivity contribution in [2.75, 3.05) is 10.2 Å². The number of nitrogens with zero attached hydrogens (tertiary/aromatic N) is 1. The molecule has 0 atom stereocenters. The van der Waals surface area contributed by atoms with E-state index in [9.17, 15) is 14.4 Å². The van der Waals surface area contributed by atoms with Crippen molar-refractivity contribution >= 4 is 40.8 Å². The fourth-order valence-corrected chi connectivity index (χ4v) is 4.08. The van der Waals surface area contributed by atoms with E-state index in [-0.39, 0.29) is 10.7 Å². The van der Waals surface area contributed by atoms with E-state index >= 15 is 0 Å². The molecule has 1 aliphatic rings. The van der Waals surface area contributed by atoms with Gasteiger partial charge in [0.2, 0.25) is 0 Å². The fourth-order valence-electron chi connectivity index (χ4n) is 3.86. The van der Waals surface area contributed by atoms with Gasteiger partial charge in [0.05, 0.1) is 11.3 Å². The van der Waals surface area contributed by atoms with E-state index in [1.807, 2.05) is 38.1 Å². The van der Waals surface area contributed by atoms with Crippen LogP contribution in [0.15, 0.2) is 77.5 Å². The molecule has 35 heavy (non-hydrogen) atoms. The number of halogens is 1. The summed E-state index contributed by atoms with van der Waals surface area (Å²) in [6, 6.07) is 19.3. The second-order valence-electron chi connectivity index (χ2n) is 8.80. The third-order valence-corrected chi connectivity index (χ3v) is 5.97. The molecule has 1 heterocycles. The average molecular weight is 489 g/mol. The molecule has 0 radical (unpaired) electrons. The number of rotatable bonds is 6. The predicted molar refractivity (Wildman–Crippen MR) is 137 cm³/mol. The van der Waals surface area contributed by atoms with E-state index in [0.29, 0.717) is 28.6 Å². The Morgan fingerprint density at radius 1 is 0.914 bits per heavy atom. The molecule has 0 spiro atoms. The van der Waals surface area contributed by atoms with Gasteiger partial charge in [-0.3, -0.25) is 9.59 Å². The minimum absolute atomic E-state index is 0.0170. The molecule has 3 aromatic rings. The van der Waals surface area contributed by atoms with Crippen molar-refractivity contribution in [2.24, 2.45) is 0 Å². The number of carbonyl (C=O) groups is 3. The molecule has 0 bridgehead atoms. The number of hydrogen-bond donors (Lipinski definition) is 1. The molecule has 0 aliphatic carbocycles. The third kappa shape index (κ3) is 5.12. The van der Waals surface area contributed by atoms with Crippen LogP contribution >= 0.6 is 11.6 Å². The first-order chi connectivity index (χ1) is 16.6. The highest BCUT2D eigenvalue weighted by molar-refractivity contribution is 6.53. The molecule has 0 aromatic heterocycles. The van der Waals surface area contributed by atoms with E-state index in [0.717, 1.165) is 21.6 Å². The highest BCUT2D eigenvalue weighted by atomic mass is 35.5. The molecule has 0 fully saturated rings. The number of anilines is 2. The zero-order valence-electron chi connectivity index (χ0n) is 19.9. The summed E-state index contributed by atoms with van der Waals surface area (Å²) in [4.78, 5) is 39.4. The molecule has 4 rings (SSSR count). The van der Waals surface area contributed by atoms with E-state index in [2.05, 4.69) is 19.2 Å². The maximum atomic E-state index is 13.0. The van der Waals surface area contributed by atoms with Crippen molar-refractivity contribution < 1.29 is 19.1 Å². The lowest BCUT2D eigenvalue weighted by Crippen LogP contribution is -2.32. The van der Waals surface area contributed by atoms with Gasteiger partial charge in [0.1, 0.15) is 16.5 Å². The Balaban J connectivity index is 1.48. The number of amides is 2. The molecule has 0 saturated carbocycles. The van der Waals surface area contributed by atoms with Crippen LogP contribution < -0.4 is 15.0 Å². The van der Waals surface area contributed by atoms with Crippen LogP contribution in [-0.4, -0.2) is 17.8 Å². The summed E-state index contributed by atoms with van der Waals surface area (Å²) in [5.41, 5.74) is 4.22. The zero-order valence-corrected chi connectivity index (χ0v) is 20.6. The Morgan fingerprint density at radius 3 is 2.20 bits per heavy atom. The number of esters is 1. The summed E-state index contributed by atoms with van der Waals surface area (Å²) in [5.74, 6) is -0.840. The minimum atomic E-state index is -0.590. The Labute approximate surface area is 209 Å². The van der Waals surface area contributed by atoms with Crippen molar-refractivity contribution in [1.29, 1.82) is 0 Å². The molecule has 6 nitrogen and oxygen atoms in total. The van der Waals surface area contributed by atoms with Crippen LogP contribution in [0.4, 0.5) is 11.4 Å². The molecule has 3 aromatic carbocycles. The largest absolute Gasteiger partial charge is 0.423 e. The van der Waals surface area contributed by atoms with Crippen LogP contribution in [0.5, 0.6) is 5.75 Å². The van der Waals surface area contributed by atoms with Gasteiger partial charge in [-0.2, -0.15) is 0 Å². The lowest BCUT2D eigenvalue weighted by atomic mass is 10.0. The van der Waals surface area contributed by atoms with Crippen LogP contribution in [0.2, 0.25) is 0 Å². The second kappa shape index (κ2) is 9.76.